The van der Waals surface area contributed by atoms with Crippen LogP contribution < -0.4 is 5.56 Å². The first-order valence-corrected chi connectivity index (χ1v) is 10.6. The van der Waals surface area contributed by atoms with Gasteiger partial charge < -0.3 is 14.6 Å². The number of aromatic nitrogens is 1. The van der Waals surface area contributed by atoms with Crippen LogP contribution in [0.2, 0.25) is 0 Å². The van der Waals surface area contributed by atoms with E-state index in [1.54, 1.807) is 31.7 Å². The molecule has 6 heteroatoms. The minimum atomic E-state index is -0.759. The summed E-state index contributed by atoms with van der Waals surface area (Å²) >= 11 is 0. The van der Waals surface area contributed by atoms with Gasteiger partial charge in [-0.1, -0.05) is 30.3 Å². The van der Waals surface area contributed by atoms with Crippen molar-refractivity contribution in [1.29, 1.82) is 0 Å². The van der Waals surface area contributed by atoms with Crippen LogP contribution in [0.1, 0.15) is 53.4 Å². The zero-order valence-electron chi connectivity index (χ0n) is 18.0. The molecule has 1 atom stereocenters. The van der Waals surface area contributed by atoms with E-state index in [0.29, 0.717) is 38.0 Å². The number of rotatable bonds is 6. The summed E-state index contributed by atoms with van der Waals surface area (Å²) in [6.07, 6.45) is 2.70. The lowest BCUT2D eigenvalue weighted by molar-refractivity contribution is -0.159. The molecule has 1 amide bonds. The largest absolute Gasteiger partial charge is 0.466 e. The molecule has 0 bridgehead atoms. The highest BCUT2D eigenvalue weighted by molar-refractivity contribution is 5.95. The molecule has 2 heterocycles. The number of pyridine rings is 1. The lowest BCUT2D eigenvalue weighted by atomic mass is 9.75. The number of esters is 1. The number of benzene rings is 1. The molecule has 1 aromatic heterocycles. The van der Waals surface area contributed by atoms with Gasteiger partial charge in [-0.15, -0.1) is 0 Å². The van der Waals surface area contributed by atoms with Gasteiger partial charge in [-0.05, 0) is 63.6 Å². The van der Waals surface area contributed by atoms with E-state index in [9.17, 15) is 14.4 Å². The van der Waals surface area contributed by atoms with Crippen LogP contribution in [0.4, 0.5) is 0 Å². The van der Waals surface area contributed by atoms with E-state index in [-0.39, 0.29) is 29.5 Å². The van der Waals surface area contributed by atoms with E-state index in [4.69, 9.17) is 4.74 Å². The fourth-order valence-corrected chi connectivity index (χ4v) is 4.37. The average molecular weight is 411 g/mol. The van der Waals surface area contributed by atoms with Gasteiger partial charge in [0.1, 0.15) is 5.56 Å². The van der Waals surface area contributed by atoms with Gasteiger partial charge in [0.25, 0.3) is 11.5 Å². The SMILES string of the molecule is CCOC(=O)C1(CCc2ccccc2)CCCN(C(=O)c2c(C)cc(C)[nH]c2=O)C1. The number of ether oxygens (including phenoxy) is 1. The lowest BCUT2D eigenvalue weighted by Crippen LogP contribution is -2.51. The normalized spacial score (nSPS) is 18.8. The first-order chi connectivity index (χ1) is 14.4. The number of carbonyl (C=O) groups excluding carboxylic acids is 2. The summed E-state index contributed by atoms with van der Waals surface area (Å²) in [4.78, 5) is 43.1. The average Bonchev–Trinajstić information content (AvgIpc) is 2.72. The predicted molar refractivity (Wildman–Crippen MR) is 116 cm³/mol. The summed E-state index contributed by atoms with van der Waals surface area (Å²) in [6, 6.07) is 11.8. The smallest absolute Gasteiger partial charge is 0.313 e. The quantitative estimate of drug-likeness (QED) is 0.740. The summed E-state index contributed by atoms with van der Waals surface area (Å²) in [5, 5.41) is 0. The highest BCUT2D eigenvalue weighted by atomic mass is 16.5. The lowest BCUT2D eigenvalue weighted by Gasteiger charge is -2.41. The molecular formula is C24H30N2O4. The molecule has 1 unspecified atom stereocenters. The fourth-order valence-electron chi connectivity index (χ4n) is 4.37. The zero-order valence-corrected chi connectivity index (χ0v) is 18.0. The van der Waals surface area contributed by atoms with Gasteiger partial charge in [-0.2, -0.15) is 0 Å². The van der Waals surface area contributed by atoms with E-state index < -0.39 is 5.41 Å². The van der Waals surface area contributed by atoms with E-state index in [1.807, 2.05) is 30.3 Å². The van der Waals surface area contributed by atoms with Gasteiger partial charge in [0.05, 0.1) is 12.0 Å². The summed E-state index contributed by atoms with van der Waals surface area (Å²) < 4.78 is 5.43. The Labute approximate surface area is 177 Å². The van der Waals surface area contributed by atoms with Gasteiger partial charge in [0.15, 0.2) is 0 Å². The summed E-state index contributed by atoms with van der Waals surface area (Å²) in [7, 11) is 0. The van der Waals surface area contributed by atoms with Gasteiger partial charge in [0, 0.05) is 18.8 Å². The number of hydrogen-bond donors (Lipinski definition) is 1. The van der Waals surface area contributed by atoms with E-state index >= 15 is 0 Å². The number of likely N-dealkylation sites (tertiary alicyclic amines) is 1. The van der Waals surface area contributed by atoms with Crippen molar-refractivity contribution < 1.29 is 14.3 Å². The Morgan fingerprint density at radius 3 is 2.60 bits per heavy atom. The highest BCUT2D eigenvalue weighted by Crippen LogP contribution is 2.37. The first-order valence-electron chi connectivity index (χ1n) is 10.6. The Morgan fingerprint density at radius 2 is 1.93 bits per heavy atom. The fraction of sp³-hybridized carbons (Fsp3) is 0.458. The number of amides is 1. The number of aryl methyl sites for hydroxylation is 3. The Hall–Kier alpha value is -2.89. The van der Waals surface area contributed by atoms with E-state index in [2.05, 4.69) is 4.98 Å². The molecule has 1 aromatic carbocycles. The Bertz CT molecular complexity index is 967. The molecule has 1 N–H and O–H groups in total. The van der Waals surface area contributed by atoms with Crippen LogP contribution in [-0.2, 0) is 16.0 Å². The maximum atomic E-state index is 13.2. The number of nitrogens with one attached hydrogen (secondary N) is 1. The molecule has 0 saturated carbocycles. The minimum Gasteiger partial charge on any atom is -0.466 e. The predicted octanol–water partition coefficient (Wildman–Crippen LogP) is 3.41. The number of aromatic amines is 1. The molecule has 1 fully saturated rings. The number of H-pyrrole nitrogens is 1. The maximum Gasteiger partial charge on any atom is 0.313 e. The summed E-state index contributed by atoms with van der Waals surface area (Å²) in [5.74, 6) is -0.574. The van der Waals surface area contributed by atoms with Gasteiger partial charge >= 0.3 is 5.97 Å². The standard InChI is InChI=1S/C24H30N2O4/c1-4-30-23(29)24(13-11-19-9-6-5-7-10-19)12-8-14-26(16-24)22(28)20-17(2)15-18(3)25-21(20)27/h5-7,9-10,15H,4,8,11-14,16H2,1-3H3,(H,25,27). The van der Waals surface area contributed by atoms with Crippen LogP contribution in [0.3, 0.4) is 0 Å². The Kier molecular flexibility index (Phi) is 6.75. The molecule has 1 saturated heterocycles. The molecule has 1 aliphatic heterocycles. The van der Waals surface area contributed by atoms with Crippen molar-refractivity contribution in [2.75, 3.05) is 19.7 Å². The maximum absolute atomic E-state index is 13.2. The molecule has 0 radical (unpaired) electrons. The molecule has 1 aliphatic rings. The molecule has 0 spiro atoms. The van der Waals surface area contributed by atoms with Crippen molar-refractivity contribution in [3.8, 4) is 0 Å². The molecule has 2 aromatic rings. The second-order valence-corrected chi connectivity index (χ2v) is 8.16. The second-order valence-electron chi connectivity index (χ2n) is 8.16. The summed E-state index contributed by atoms with van der Waals surface area (Å²) in [5.41, 5.74) is 1.53. The number of hydrogen-bond acceptors (Lipinski definition) is 4. The van der Waals surface area contributed by atoms with E-state index in [0.717, 1.165) is 17.7 Å². The van der Waals surface area contributed by atoms with Gasteiger partial charge in [0.2, 0.25) is 0 Å². The Balaban J connectivity index is 1.87. The number of piperidine rings is 1. The third kappa shape index (κ3) is 4.64. The van der Waals surface area contributed by atoms with E-state index in [1.165, 1.54) is 0 Å². The van der Waals surface area contributed by atoms with Crippen LogP contribution >= 0.6 is 0 Å². The third-order valence-electron chi connectivity index (χ3n) is 5.89. The number of carbonyl (C=O) groups is 2. The van der Waals surface area contributed by atoms with Crippen molar-refractivity contribution in [3.63, 3.8) is 0 Å². The molecule has 160 valence electrons. The molecule has 30 heavy (non-hydrogen) atoms. The van der Waals surface area contributed by atoms with Gasteiger partial charge in [-0.3, -0.25) is 14.4 Å². The first kappa shape index (κ1) is 21.8. The molecule has 0 aliphatic carbocycles. The van der Waals surface area contributed by atoms with Gasteiger partial charge in [-0.25, -0.2) is 0 Å². The van der Waals surface area contributed by atoms with Crippen LogP contribution in [0.15, 0.2) is 41.2 Å². The topological polar surface area (TPSA) is 79.5 Å². The molecular weight excluding hydrogens is 380 g/mol. The molecule has 6 nitrogen and oxygen atoms in total. The minimum absolute atomic E-state index is 0.156. The highest BCUT2D eigenvalue weighted by Gasteiger charge is 2.44. The molecule has 3 rings (SSSR count). The van der Waals surface area contributed by atoms with Crippen LogP contribution in [0, 0.1) is 19.3 Å². The van der Waals surface area contributed by atoms with Crippen LogP contribution in [0.5, 0.6) is 0 Å². The van der Waals surface area contributed by atoms with Crippen molar-refractivity contribution >= 4 is 11.9 Å². The second kappa shape index (κ2) is 9.28. The van der Waals surface area contributed by atoms with Crippen LogP contribution in [0.25, 0.3) is 0 Å². The Morgan fingerprint density at radius 1 is 1.20 bits per heavy atom. The number of nitrogens with zero attached hydrogens (tertiary/aromatic N) is 1. The zero-order chi connectivity index (χ0) is 21.7. The summed E-state index contributed by atoms with van der Waals surface area (Å²) in [6.45, 7) is 6.45. The monoisotopic (exact) mass is 410 g/mol. The van der Waals surface area contributed by atoms with Crippen LogP contribution in [-0.4, -0.2) is 41.5 Å². The van der Waals surface area contributed by atoms with Crippen molar-refractivity contribution in [1.82, 2.24) is 9.88 Å². The third-order valence-corrected chi connectivity index (χ3v) is 5.89. The van der Waals surface area contributed by atoms with Crippen molar-refractivity contribution in [2.45, 2.75) is 46.5 Å². The van der Waals surface area contributed by atoms with Crippen molar-refractivity contribution in [2.24, 2.45) is 5.41 Å². The van der Waals surface area contributed by atoms with Crippen molar-refractivity contribution in [3.05, 3.63) is 69.1 Å².